The Morgan fingerprint density at radius 3 is 2.65 bits per heavy atom. The standard InChI is InChI=1S/C13H14F2O2/c1-7-3-4-9(11(15)10(7)14)12(16)13-8(2)5-6-17-13/h3-4,8,13H,5-6H2,1-2H3. The van der Waals surface area contributed by atoms with Gasteiger partial charge < -0.3 is 4.74 Å². The minimum atomic E-state index is -1.07. The summed E-state index contributed by atoms with van der Waals surface area (Å²) >= 11 is 0. The zero-order valence-electron chi connectivity index (χ0n) is 9.80. The maximum atomic E-state index is 13.6. The molecule has 0 aliphatic carbocycles. The van der Waals surface area contributed by atoms with E-state index in [0.717, 1.165) is 6.42 Å². The van der Waals surface area contributed by atoms with Gasteiger partial charge in [-0.15, -0.1) is 0 Å². The second-order valence-corrected chi connectivity index (χ2v) is 4.48. The van der Waals surface area contributed by atoms with Crippen LogP contribution in [0.5, 0.6) is 0 Å². The number of aryl methyl sites for hydroxylation is 1. The molecule has 0 amide bonds. The molecule has 2 unspecified atom stereocenters. The lowest BCUT2D eigenvalue weighted by Gasteiger charge is -2.14. The van der Waals surface area contributed by atoms with E-state index in [-0.39, 0.29) is 17.0 Å². The Morgan fingerprint density at radius 1 is 1.35 bits per heavy atom. The number of ether oxygens (including phenoxy) is 1. The predicted molar refractivity (Wildman–Crippen MR) is 58.9 cm³/mol. The van der Waals surface area contributed by atoms with Crippen molar-refractivity contribution in [3.05, 3.63) is 34.9 Å². The van der Waals surface area contributed by atoms with Gasteiger partial charge in [-0.05, 0) is 30.9 Å². The molecular weight excluding hydrogens is 226 g/mol. The summed E-state index contributed by atoms with van der Waals surface area (Å²) in [4.78, 5) is 12.0. The fraction of sp³-hybridized carbons (Fsp3) is 0.462. The van der Waals surface area contributed by atoms with Gasteiger partial charge in [-0.2, -0.15) is 0 Å². The smallest absolute Gasteiger partial charge is 0.194 e. The third-order valence-electron chi connectivity index (χ3n) is 3.19. The topological polar surface area (TPSA) is 26.3 Å². The molecular formula is C13H14F2O2. The Labute approximate surface area is 98.6 Å². The van der Waals surface area contributed by atoms with Crippen LogP contribution in [0.25, 0.3) is 0 Å². The van der Waals surface area contributed by atoms with E-state index in [9.17, 15) is 13.6 Å². The van der Waals surface area contributed by atoms with E-state index >= 15 is 0 Å². The van der Waals surface area contributed by atoms with Crippen molar-refractivity contribution < 1.29 is 18.3 Å². The number of rotatable bonds is 2. The normalized spacial score (nSPS) is 24.0. The largest absolute Gasteiger partial charge is 0.370 e. The summed E-state index contributed by atoms with van der Waals surface area (Å²) in [5, 5.41) is 0. The van der Waals surface area contributed by atoms with E-state index in [4.69, 9.17) is 4.74 Å². The van der Waals surface area contributed by atoms with E-state index in [1.807, 2.05) is 6.92 Å². The average molecular weight is 240 g/mol. The molecule has 1 aliphatic rings. The van der Waals surface area contributed by atoms with Gasteiger partial charge in [-0.3, -0.25) is 4.79 Å². The van der Waals surface area contributed by atoms with E-state index in [0.29, 0.717) is 6.61 Å². The Kier molecular flexibility index (Phi) is 3.24. The van der Waals surface area contributed by atoms with Crippen LogP contribution in [0.4, 0.5) is 8.78 Å². The van der Waals surface area contributed by atoms with Gasteiger partial charge in [0, 0.05) is 6.61 Å². The highest BCUT2D eigenvalue weighted by atomic mass is 19.2. The number of halogens is 2. The van der Waals surface area contributed by atoms with Crippen molar-refractivity contribution >= 4 is 5.78 Å². The van der Waals surface area contributed by atoms with Crippen LogP contribution in [0.3, 0.4) is 0 Å². The summed E-state index contributed by atoms with van der Waals surface area (Å²) in [6.45, 7) is 3.83. The SMILES string of the molecule is Cc1ccc(C(=O)C2OCCC2C)c(F)c1F. The lowest BCUT2D eigenvalue weighted by atomic mass is 9.95. The van der Waals surface area contributed by atoms with Crippen molar-refractivity contribution in [1.29, 1.82) is 0 Å². The van der Waals surface area contributed by atoms with Crippen molar-refractivity contribution in [3.63, 3.8) is 0 Å². The van der Waals surface area contributed by atoms with Gasteiger partial charge in [0.1, 0.15) is 6.10 Å². The molecule has 0 bridgehead atoms. The fourth-order valence-corrected chi connectivity index (χ4v) is 2.02. The van der Waals surface area contributed by atoms with Crippen molar-refractivity contribution in [2.24, 2.45) is 5.92 Å². The minimum Gasteiger partial charge on any atom is -0.370 e. The average Bonchev–Trinajstić information content (AvgIpc) is 2.72. The van der Waals surface area contributed by atoms with Crippen LogP contribution >= 0.6 is 0 Å². The van der Waals surface area contributed by atoms with Gasteiger partial charge in [0.15, 0.2) is 17.4 Å². The first-order valence-corrected chi connectivity index (χ1v) is 5.62. The third-order valence-corrected chi connectivity index (χ3v) is 3.19. The zero-order valence-corrected chi connectivity index (χ0v) is 9.80. The van der Waals surface area contributed by atoms with Crippen LogP contribution in [0.15, 0.2) is 12.1 Å². The second kappa shape index (κ2) is 4.53. The highest BCUT2D eigenvalue weighted by molar-refractivity contribution is 6.00. The first kappa shape index (κ1) is 12.2. The Morgan fingerprint density at radius 2 is 2.06 bits per heavy atom. The van der Waals surface area contributed by atoms with Gasteiger partial charge in [-0.25, -0.2) is 8.78 Å². The molecule has 1 saturated heterocycles. The van der Waals surface area contributed by atoms with Gasteiger partial charge >= 0.3 is 0 Å². The molecule has 2 rings (SSSR count). The number of Topliss-reactive ketones (excluding diaryl/α,β-unsaturated/α-hetero) is 1. The molecule has 1 heterocycles. The first-order chi connectivity index (χ1) is 8.02. The number of benzene rings is 1. The Balaban J connectivity index is 2.34. The third kappa shape index (κ3) is 2.09. The Bertz CT molecular complexity index is 457. The predicted octanol–water partition coefficient (Wildman–Crippen LogP) is 2.88. The number of ketones is 1. The van der Waals surface area contributed by atoms with Gasteiger partial charge in [0.25, 0.3) is 0 Å². The number of carbonyl (C=O) groups excluding carboxylic acids is 1. The van der Waals surface area contributed by atoms with Crippen LogP contribution in [0, 0.1) is 24.5 Å². The van der Waals surface area contributed by atoms with Gasteiger partial charge in [0.2, 0.25) is 0 Å². The molecule has 17 heavy (non-hydrogen) atoms. The number of hydrogen-bond acceptors (Lipinski definition) is 2. The van der Waals surface area contributed by atoms with Crippen molar-refractivity contribution in [2.75, 3.05) is 6.61 Å². The van der Waals surface area contributed by atoms with Crippen molar-refractivity contribution in [2.45, 2.75) is 26.4 Å². The molecule has 0 aromatic heterocycles. The zero-order chi connectivity index (χ0) is 12.6. The van der Waals surface area contributed by atoms with E-state index in [2.05, 4.69) is 0 Å². The molecule has 1 fully saturated rings. The van der Waals surface area contributed by atoms with E-state index < -0.39 is 23.5 Å². The maximum absolute atomic E-state index is 13.6. The lowest BCUT2D eigenvalue weighted by molar-refractivity contribution is 0.0574. The van der Waals surface area contributed by atoms with Crippen LogP contribution in [0.2, 0.25) is 0 Å². The van der Waals surface area contributed by atoms with E-state index in [1.54, 1.807) is 0 Å². The quantitative estimate of drug-likeness (QED) is 0.743. The second-order valence-electron chi connectivity index (χ2n) is 4.48. The molecule has 2 nitrogen and oxygen atoms in total. The molecule has 2 atom stereocenters. The molecule has 1 aliphatic heterocycles. The van der Waals surface area contributed by atoms with Crippen molar-refractivity contribution in [1.82, 2.24) is 0 Å². The summed E-state index contributed by atoms with van der Waals surface area (Å²) < 4.78 is 32.3. The molecule has 1 aromatic rings. The lowest BCUT2D eigenvalue weighted by Crippen LogP contribution is -2.26. The van der Waals surface area contributed by atoms with Gasteiger partial charge in [0.05, 0.1) is 5.56 Å². The molecule has 4 heteroatoms. The molecule has 0 radical (unpaired) electrons. The minimum absolute atomic E-state index is 0.0475. The molecule has 1 aromatic carbocycles. The highest BCUT2D eigenvalue weighted by Crippen LogP contribution is 2.25. The summed E-state index contributed by atoms with van der Waals surface area (Å²) in [6.07, 6.45) is 0.124. The van der Waals surface area contributed by atoms with Gasteiger partial charge in [-0.1, -0.05) is 13.0 Å². The summed E-state index contributed by atoms with van der Waals surface area (Å²) in [5.74, 6) is -2.45. The number of carbonyl (C=O) groups is 1. The highest BCUT2D eigenvalue weighted by Gasteiger charge is 2.33. The van der Waals surface area contributed by atoms with Crippen LogP contribution in [-0.4, -0.2) is 18.5 Å². The molecule has 0 saturated carbocycles. The number of hydrogen-bond donors (Lipinski definition) is 0. The van der Waals surface area contributed by atoms with Crippen molar-refractivity contribution in [3.8, 4) is 0 Å². The summed E-state index contributed by atoms with van der Waals surface area (Å²) in [5.41, 5.74) is -0.0220. The first-order valence-electron chi connectivity index (χ1n) is 5.62. The molecule has 92 valence electrons. The molecule has 0 spiro atoms. The van der Waals surface area contributed by atoms with Crippen LogP contribution < -0.4 is 0 Å². The fourth-order valence-electron chi connectivity index (χ4n) is 2.02. The molecule has 0 N–H and O–H groups in total. The summed E-state index contributed by atoms with van der Waals surface area (Å²) in [6, 6.07) is 2.73. The monoisotopic (exact) mass is 240 g/mol. The van der Waals surface area contributed by atoms with Crippen LogP contribution in [0.1, 0.15) is 29.3 Å². The Hall–Kier alpha value is -1.29. The maximum Gasteiger partial charge on any atom is 0.194 e. The van der Waals surface area contributed by atoms with E-state index in [1.165, 1.54) is 19.1 Å². The van der Waals surface area contributed by atoms with Crippen LogP contribution in [-0.2, 0) is 4.74 Å². The summed E-state index contributed by atoms with van der Waals surface area (Å²) in [7, 11) is 0.